The summed E-state index contributed by atoms with van der Waals surface area (Å²) in [6, 6.07) is 4.14. The molecule has 0 bridgehead atoms. The molecule has 0 radical (unpaired) electrons. The van der Waals surface area contributed by atoms with Crippen LogP contribution < -0.4 is 5.32 Å². The maximum atomic E-state index is 13.7. The second-order valence-electron chi connectivity index (χ2n) is 11.8. The third-order valence-corrected chi connectivity index (χ3v) is 9.73. The summed E-state index contributed by atoms with van der Waals surface area (Å²) in [5.74, 6) is 0. The van der Waals surface area contributed by atoms with E-state index < -0.39 is 66.4 Å². The van der Waals surface area contributed by atoms with Gasteiger partial charge in [-0.1, -0.05) is 6.07 Å². The number of amides is 1. The fraction of sp³-hybridized carbons (Fsp3) is 0.615. The molecule has 0 spiro atoms. The zero-order valence-corrected chi connectivity index (χ0v) is 23.6. The van der Waals surface area contributed by atoms with E-state index in [1.54, 1.807) is 20.8 Å². The lowest BCUT2D eigenvalue weighted by atomic mass is 9.94. The molecule has 228 valence electrons. The molecule has 2 aromatic rings. The number of rotatable bonds is 6. The highest BCUT2D eigenvalue weighted by Crippen LogP contribution is 2.45. The van der Waals surface area contributed by atoms with Crippen molar-refractivity contribution >= 4 is 15.9 Å². The van der Waals surface area contributed by atoms with E-state index in [0.717, 1.165) is 28.9 Å². The molecule has 1 saturated heterocycles. The monoisotopic (exact) mass is 611 g/mol. The van der Waals surface area contributed by atoms with Gasteiger partial charge in [0.05, 0.1) is 33.0 Å². The number of nitrogens with one attached hydrogen (secondary N) is 1. The van der Waals surface area contributed by atoms with Gasteiger partial charge in [-0.3, -0.25) is 4.68 Å². The lowest BCUT2D eigenvalue weighted by Crippen LogP contribution is -2.44. The van der Waals surface area contributed by atoms with Crippen LogP contribution in [0.1, 0.15) is 76.4 Å². The van der Waals surface area contributed by atoms with Gasteiger partial charge in [0.25, 0.3) is 0 Å². The second kappa shape index (κ2) is 10.2. The number of hydrogen-bond donors (Lipinski definition) is 1. The van der Waals surface area contributed by atoms with Crippen molar-refractivity contribution < 1.29 is 49.0 Å². The molecule has 1 aliphatic heterocycles. The first-order valence-electron chi connectivity index (χ1n) is 12.8. The van der Waals surface area contributed by atoms with E-state index in [2.05, 4.69) is 10.4 Å². The zero-order valence-electron chi connectivity index (χ0n) is 22.8. The largest absolute Gasteiger partial charge is 0.444 e. The van der Waals surface area contributed by atoms with Crippen molar-refractivity contribution in [1.29, 1.82) is 0 Å². The van der Waals surface area contributed by atoms with Crippen LogP contribution in [0.5, 0.6) is 0 Å². The highest BCUT2D eigenvalue weighted by Gasteiger charge is 2.50. The molecule has 1 aliphatic carbocycles. The number of carbonyl (C=O) groups excluding carboxylic acids is 1. The van der Waals surface area contributed by atoms with Gasteiger partial charge < -0.3 is 14.8 Å². The molecule has 1 saturated carbocycles. The predicted octanol–water partition coefficient (Wildman–Crippen LogP) is 6.06. The molecule has 1 N–H and O–H groups in total. The first-order valence-corrected chi connectivity index (χ1v) is 14.3. The average molecular weight is 612 g/mol. The molecule has 2 atom stereocenters. The Morgan fingerprint density at radius 1 is 1.10 bits per heavy atom. The Hall–Kier alpha value is -2.81. The summed E-state index contributed by atoms with van der Waals surface area (Å²) < 4.78 is 119. The number of hydrogen-bond acceptors (Lipinski definition) is 6. The van der Waals surface area contributed by atoms with Crippen LogP contribution in [0, 0.1) is 0 Å². The minimum Gasteiger partial charge on any atom is -0.444 e. The highest BCUT2D eigenvalue weighted by atomic mass is 32.2. The van der Waals surface area contributed by atoms with E-state index in [1.165, 1.54) is 6.92 Å². The molecule has 1 amide bonds. The van der Waals surface area contributed by atoms with Crippen LogP contribution in [-0.4, -0.2) is 46.8 Å². The molecule has 15 heteroatoms. The number of benzene rings is 1. The summed E-state index contributed by atoms with van der Waals surface area (Å²) in [6.07, 6.45) is -11.0. The maximum Gasteiger partial charge on any atom is 0.435 e. The lowest BCUT2D eigenvalue weighted by molar-refractivity contribution is -0.141. The van der Waals surface area contributed by atoms with E-state index in [4.69, 9.17) is 9.47 Å². The molecular weight excluding hydrogens is 580 g/mol. The van der Waals surface area contributed by atoms with Crippen molar-refractivity contribution in [3.05, 3.63) is 47.3 Å². The van der Waals surface area contributed by atoms with Crippen molar-refractivity contribution in [2.75, 3.05) is 6.61 Å². The molecular formula is C26H31F6N3O5S. The van der Waals surface area contributed by atoms with Crippen molar-refractivity contribution in [1.82, 2.24) is 15.1 Å². The molecule has 2 unspecified atom stereocenters. The van der Waals surface area contributed by atoms with Gasteiger partial charge in [0.1, 0.15) is 11.7 Å². The summed E-state index contributed by atoms with van der Waals surface area (Å²) in [5, 5.41) is 6.41. The molecule has 1 aromatic heterocycles. The molecule has 2 heterocycles. The SMILES string of the molecule is CC(C)(C)OC(=O)NC1(Cn2nc(C(F)(F)F)cc2C2CC(C)(S(=O)(=O)c3cccc(C(F)(F)F)c3)CCO2)CC1. The van der Waals surface area contributed by atoms with Crippen LogP contribution in [0.2, 0.25) is 0 Å². The Balaban J connectivity index is 1.64. The summed E-state index contributed by atoms with van der Waals surface area (Å²) >= 11 is 0. The van der Waals surface area contributed by atoms with Gasteiger partial charge in [0, 0.05) is 6.61 Å². The van der Waals surface area contributed by atoms with E-state index in [9.17, 15) is 39.6 Å². The number of sulfone groups is 1. The minimum atomic E-state index is -4.82. The Kier molecular flexibility index (Phi) is 7.73. The number of carbonyl (C=O) groups is 1. The van der Waals surface area contributed by atoms with Gasteiger partial charge in [0.15, 0.2) is 15.5 Å². The smallest absolute Gasteiger partial charge is 0.435 e. The van der Waals surface area contributed by atoms with Crippen molar-refractivity contribution in [2.45, 2.75) is 99.2 Å². The van der Waals surface area contributed by atoms with Gasteiger partial charge in [-0.15, -0.1) is 0 Å². The fourth-order valence-electron chi connectivity index (χ4n) is 4.76. The van der Waals surface area contributed by atoms with Crippen LogP contribution in [0.25, 0.3) is 0 Å². The Labute approximate surface area is 233 Å². The zero-order chi connectivity index (χ0) is 30.6. The third-order valence-electron chi connectivity index (χ3n) is 7.19. The number of ether oxygens (including phenoxy) is 2. The molecule has 4 rings (SSSR count). The van der Waals surface area contributed by atoms with Gasteiger partial charge in [-0.05, 0) is 77.6 Å². The maximum absolute atomic E-state index is 13.7. The quantitative estimate of drug-likeness (QED) is 0.399. The summed E-state index contributed by atoms with van der Waals surface area (Å²) in [4.78, 5) is 11.8. The van der Waals surface area contributed by atoms with Crippen LogP contribution in [-0.2, 0) is 38.2 Å². The summed E-state index contributed by atoms with van der Waals surface area (Å²) in [5.41, 5.74) is -4.14. The van der Waals surface area contributed by atoms with Gasteiger partial charge in [0.2, 0.25) is 0 Å². The first kappa shape index (κ1) is 31.1. The van der Waals surface area contributed by atoms with Gasteiger partial charge >= 0.3 is 18.4 Å². The first-order chi connectivity index (χ1) is 18.6. The van der Waals surface area contributed by atoms with E-state index in [-0.39, 0.29) is 31.7 Å². The number of nitrogens with zero attached hydrogens (tertiary/aromatic N) is 2. The number of alkyl halides is 6. The normalized spacial score (nSPS) is 23.2. The lowest BCUT2D eigenvalue weighted by Gasteiger charge is -2.38. The Bertz CT molecular complexity index is 1410. The van der Waals surface area contributed by atoms with Gasteiger partial charge in [-0.2, -0.15) is 31.4 Å². The van der Waals surface area contributed by atoms with E-state index >= 15 is 0 Å². The van der Waals surface area contributed by atoms with Crippen LogP contribution in [0.15, 0.2) is 35.2 Å². The fourth-order valence-corrected chi connectivity index (χ4v) is 6.60. The van der Waals surface area contributed by atoms with Crippen LogP contribution in [0.3, 0.4) is 0 Å². The van der Waals surface area contributed by atoms with Crippen molar-refractivity contribution in [2.24, 2.45) is 0 Å². The molecule has 41 heavy (non-hydrogen) atoms. The molecule has 8 nitrogen and oxygen atoms in total. The number of aromatic nitrogens is 2. The minimum absolute atomic E-state index is 0.0558. The predicted molar refractivity (Wildman–Crippen MR) is 134 cm³/mol. The van der Waals surface area contributed by atoms with Crippen molar-refractivity contribution in [3.63, 3.8) is 0 Å². The molecule has 2 aliphatic rings. The topological polar surface area (TPSA) is 99.5 Å². The second-order valence-corrected chi connectivity index (χ2v) is 14.3. The van der Waals surface area contributed by atoms with Crippen molar-refractivity contribution in [3.8, 4) is 0 Å². The third kappa shape index (κ3) is 6.82. The number of alkyl carbamates (subject to hydrolysis) is 1. The van der Waals surface area contributed by atoms with E-state index in [0.29, 0.717) is 18.9 Å². The Morgan fingerprint density at radius 3 is 2.32 bits per heavy atom. The summed E-state index contributed by atoms with van der Waals surface area (Å²) in [7, 11) is -4.38. The molecule has 1 aromatic carbocycles. The van der Waals surface area contributed by atoms with Gasteiger partial charge in [-0.25, -0.2) is 13.2 Å². The Morgan fingerprint density at radius 2 is 1.76 bits per heavy atom. The van der Waals surface area contributed by atoms with E-state index in [1.807, 2.05) is 0 Å². The standard InChI is InChI=1S/C26H31F6N3O5S/c1-22(2,3)40-21(36)33-24(8-9-24)15-35-18(13-20(34-35)26(30,31)32)19-14-23(4,10-11-39-19)41(37,38)17-7-5-6-16(12-17)25(27,28)29/h5-7,12-13,19H,8-11,14-15H2,1-4H3,(H,33,36). The summed E-state index contributed by atoms with van der Waals surface area (Å²) in [6.45, 7) is 6.01. The number of halogens is 6. The van der Waals surface area contributed by atoms with Crippen LogP contribution in [0.4, 0.5) is 31.1 Å². The van der Waals surface area contributed by atoms with Crippen LogP contribution >= 0.6 is 0 Å². The highest BCUT2D eigenvalue weighted by molar-refractivity contribution is 7.92. The average Bonchev–Trinajstić information content (AvgIpc) is 3.42. The molecule has 2 fully saturated rings.